The minimum atomic E-state index is -0.517. The maximum absolute atomic E-state index is 11.1. The highest BCUT2D eigenvalue weighted by atomic mass is 32.2. The zero-order valence-corrected chi connectivity index (χ0v) is 8.11. The predicted octanol–water partition coefficient (Wildman–Crippen LogP) is -0.730. The van der Waals surface area contributed by atoms with Crippen molar-refractivity contribution in [2.24, 2.45) is 5.92 Å². The number of rotatable bonds is 2. The van der Waals surface area contributed by atoms with Gasteiger partial charge in [0.2, 0.25) is 0 Å². The summed E-state index contributed by atoms with van der Waals surface area (Å²) in [6.45, 7) is 5.66. The van der Waals surface area contributed by atoms with Crippen molar-refractivity contribution in [3.63, 3.8) is 0 Å². The minimum absolute atomic E-state index is 0.517. The van der Waals surface area contributed by atoms with Gasteiger partial charge >= 0.3 is 0 Å². The van der Waals surface area contributed by atoms with Crippen molar-refractivity contribution in [3.8, 4) is 0 Å². The molecule has 2 fully saturated rings. The van der Waals surface area contributed by atoms with E-state index in [9.17, 15) is 4.21 Å². The molecule has 0 aromatic carbocycles. The number of hydrogen-bond acceptors (Lipinski definition) is 3. The van der Waals surface area contributed by atoms with Crippen molar-refractivity contribution >= 4 is 10.8 Å². The van der Waals surface area contributed by atoms with E-state index in [1.165, 1.54) is 19.6 Å². The van der Waals surface area contributed by atoms with E-state index in [1.807, 2.05) is 0 Å². The van der Waals surface area contributed by atoms with E-state index in [1.54, 1.807) is 0 Å². The van der Waals surface area contributed by atoms with Gasteiger partial charge in [-0.3, -0.25) is 4.21 Å². The molecule has 0 spiro atoms. The first-order chi connectivity index (χ1) is 5.84. The van der Waals surface area contributed by atoms with Gasteiger partial charge in [0.15, 0.2) is 0 Å². The fourth-order valence-electron chi connectivity index (χ4n) is 1.70. The molecule has 0 saturated carbocycles. The Morgan fingerprint density at radius 3 is 2.50 bits per heavy atom. The van der Waals surface area contributed by atoms with Crippen LogP contribution in [-0.2, 0) is 10.8 Å². The van der Waals surface area contributed by atoms with E-state index in [-0.39, 0.29) is 0 Å². The normalized spacial score (nSPS) is 28.7. The zero-order valence-electron chi connectivity index (χ0n) is 7.29. The zero-order chi connectivity index (χ0) is 8.39. The van der Waals surface area contributed by atoms with Gasteiger partial charge in [-0.15, -0.1) is 0 Å². The van der Waals surface area contributed by atoms with Crippen LogP contribution >= 0.6 is 0 Å². The van der Waals surface area contributed by atoms with Gasteiger partial charge < -0.3 is 10.2 Å². The second-order valence-electron chi connectivity index (χ2n) is 3.67. The molecule has 0 aliphatic carbocycles. The topological polar surface area (TPSA) is 32.3 Å². The summed E-state index contributed by atoms with van der Waals surface area (Å²) in [5.41, 5.74) is 0. The van der Waals surface area contributed by atoms with Crippen molar-refractivity contribution in [2.75, 3.05) is 44.2 Å². The Balaban J connectivity index is 1.70. The molecule has 2 aliphatic rings. The van der Waals surface area contributed by atoms with Crippen molar-refractivity contribution in [1.82, 2.24) is 10.2 Å². The van der Waals surface area contributed by atoms with Crippen LogP contribution in [0.1, 0.15) is 0 Å². The maximum Gasteiger partial charge on any atom is 0.0363 e. The van der Waals surface area contributed by atoms with Gasteiger partial charge in [0, 0.05) is 55.0 Å². The van der Waals surface area contributed by atoms with Gasteiger partial charge in [0.1, 0.15) is 0 Å². The Morgan fingerprint density at radius 2 is 2.00 bits per heavy atom. The van der Waals surface area contributed by atoms with Crippen molar-refractivity contribution in [3.05, 3.63) is 0 Å². The van der Waals surface area contributed by atoms with Crippen LogP contribution in [-0.4, -0.2) is 53.3 Å². The molecule has 2 heterocycles. The van der Waals surface area contributed by atoms with Gasteiger partial charge in [-0.05, 0) is 5.92 Å². The SMILES string of the molecule is O=S1CCN(CC2CNC2)CC1. The molecular weight excluding hydrogens is 172 g/mol. The molecule has 70 valence electrons. The van der Waals surface area contributed by atoms with Gasteiger partial charge in [0.25, 0.3) is 0 Å². The number of nitrogens with one attached hydrogen (secondary N) is 1. The summed E-state index contributed by atoms with van der Waals surface area (Å²) in [5, 5.41) is 3.27. The molecule has 0 bridgehead atoms. The molecule has 0 atom stereocenters. The molecule has 0 aromatic heterocycles. The van der Waals surface area contributed by atoms with Crippen LogP contribution < -0.4 is 5.32 Å². The third-order valence-electron chi connectivity index (χ3n) is 2.65. The highest BCUT2D eigenvalue weighted by Crippen LogP contribution is 2.08. The van der Waals surface area contributed by atoms with Crippen LogP contribution in [0.5, 0.6) is 0 Å². The first-order valence-corrected chi connectivity index (χ1v) is 6.11. The first-order valence-electron chi connectivity index (χ1n) is 4.62. The van der Waals surface area contributed by atoms with Crippen LogP contribution in [0, 0.1) is 5.92 Å². The van der Waals surface area contributed by atoms with E-state index in [2.05, 4.69) is 10.2 Å². The fraction of sp³-hybridized carbons (Fsp3) is 1.00. The lowest BCUT2D eigenvalue weighted by atomic mass is 10.0. The summed E-state index contributed by atoms with van der Waals surface area (Å²) in [7, 11) is -0.517. The molecule has 0 amide bonds. The van der Waals surface area contributed by atoms with E-state index in [0.717, 1.165) is 30.5 Å². The quantitative estimate of drug-likeness (QED) is 0.620. The summed E-state index contributed by atoms with van der Waals surface area (Å²) < 4.78 is 11.1. The molecule has 12 heavy (non-hydrogen) atoms. The van der Waals surface area contributed by atoms with Crippen LogP contribution in [0.15, 0.2) is 0 Å². The predicted molar refractivity (Wildman–Crippen MR) is 50.7 cm³/mol. The van der Waals surface area contributed by atoms with E-state index in [0.29, 0.717) is 0 Å². The summed E-state index contributed by atoms with van der Waals surface area (Å²) in [6.07, 6.45) is 0. The molecule has 2 saturated heterocycles. The van der Waals surface area contributed by atoms with Crippen molar-refractivity contribution in [1.29, 1.82) is 0 Å². The Morgan fingerprint density at radius 1 is 1.33 bits per heavy atom. The summed E-state index contributed by atoms with van der Waals surface area (Å²) >= 11 is 0. The van der Waals surface area contributed by atoms with Crippen LogP contribution in [0.4, 0.5) is 0 Å². The molecule has 0 radical (unpaired) electrons. The Kier molecular flexibility index (Phi) is 2.78. The van der Waals surface area contributed by atoms with Gasteiger partial charge in [-0.2, -0.15) is 0 Å². The minimum Gasteiger partial charge on any atom is -0.316 e. The second-order valence-corrected chi connectivity index (χ2v) is 5.37. The third-order valence-corrected chi connectivity index (χ3v) is 3.93. The van der Waals surface area contributed by atoms with Crippen LogP contribution in [0.2, 0.25) is 0 Å². The molecule has 3 nitrogen and oxygen atoms in total. The van der Waals surface area contributed by atoms with Crippen LogP contribution in [0.3, 0.4) is 0 Å². The maximum atomic E-state index is 11.1. The summed E-state index contributed by atoms with van der Waals surface area (Å²) in [5.74, 6) is 2.64. The molecule has 4 heteroatoms. The Bertz CT molecular complexity index is 172. The summed E-state index contributed by atoms with van der Waals surface area (Å²) in [6, 6.07) is 0. The van der Waals surface area contributed by atoms with Gasteiger partial charge in [-0.1, -0.05) is 0 Å². The first kappa shape index (κ1) is 8.66. The smallest absolute Gasteiger partial charge is 0.0363 e. The highest BCUT2D eigenvalue weighted by Gasteiger charge is 2.22. The lowest BCUT2D eigenvalue weighted by Crippen LogP contribution is -2.50. The Hall–Kier alpha value is 0.0700. The molecular formula is C8H16N2OS. The lowest BCUT2D eigenvalue weighted by molar-refractivity contribution is 0.206. The monoisotopic (exact) mass is 188 g/mol. The average molecular weight is 188 g/mol. The van der Waals surface area contributed by atoms with Crippen LogP contribution in [0.25, 0.3) is 0 Å². The van der Waals surface area contributed by atoms with E-state index < -0.39 is 10.8 Å². The van der Waals surface area contributed by atoms with Gasteiger partial charge in [0.05, 0.1) is 0 Å². The molecule has 1 N–H and O–H groups in total. The largest absolute Gasteiger partial charge is 0.316 e. The lowest BCUT2D eigenvalue weighted by Gasteiger charge is -2.34. The average Bonchev–Trinajstić information content (AvgIpc) is 2.00. The Labute approximate surface area is 76.0 Å². The van der Waals surface area contributed by atoms with Crippen molar-refractivity contribution < 1.29 is 4.21 Å². The third kappa shape index (κ3) is 2.06. The highest BCUT2D eigenvalue weighted by molar-refractivity contribution is 7.85. The number of hydrogen-bond donors (Lipinski definition) is 1. The van der Waals surface area contributed by atoms with Gasteiger partial charge in [-0.25, -0.2) is 0 Å². The fourth-order valence-corrected chi connectivity index (χ4v) is 2.83. The molecule has 0 aromatic rings. The van der Waals surface area contributed by atoms with Crippen molar-refractivity contribution in [2.45, 2.75) is 0 Å². The summed E-state index contributed by atoms with van der Waals surface area (Å²) in [4.78, 5) is 2.45. The van der Waals surface area contributed by atoms with E-state index in [4.69, 9.17) is 0 Å². The molecule has 2 rings (SSSR count). The molecule has 0 unspecified atom stereocenters. The number of nitrogens with zero attached hydrogens (tertiary/aromatic N) is 1. The second kappa shape index (κ2) is 3.85. The molecule has 2 aliphatic heterocycles. The van der Waals surface area contributed by atoms with E-state index >= 15 is 0 Å². The standard InChI is InChI=1S/C8H16N2OS/c11-12-3-1-10(2-4-12)7-8-5-9-6-8/h8-9H,1-7H2.